The Morgan fingerprint density at radius 1 is 1.21 bits per heavy atom. The van der Waals surface area contributed by atoms with E-state index in [9.17, 15) is 0 Å². The van der Waals surface area contributed by atoms with Gasteiger partial charge in [-0.2, -0.15) is 0 Å². The summed E-state index contributed by atoms with van der Waals surface area (Å²) in [6.07, 6.45) is 0. The lowest BCUT2D eigenvalue weighted by atomic mass is 10.1. The lowest BCUT2D eigenvalue weighted by Crippen LogP contribution is -2.09. The molecule has 19 heavy (non-hydrogen) atoms. The number of nitrogens with one attached hydrogen (secondary N) is 1. The van der Waals surface area contributed by atoms with Crippen LogP contribution in [0.2, 0.25) is 10.0 Å². The molecule has 1 unspecified atom stereocenters. The monoisotopic (exact) mass is 295 g/mol. The third-order valence-corrected chi connectivity index (χ3v) is 3.48. The van der Waals surface area contributed by atoms with Crippen molar-refractivity contribution >= 4 is 34.7 Å². The SMILES string of the molecule is Cc1nc(NC(C)c2ccc(Cl)cc2Cl)ccc1N. The number of nitrogens with zero attached hydrogens (tertiary/aromatic N) is 1. The number of nitrogen functional groups attached to an aromatic ring is 1. The third-order valence-electron chi connectivity index (χ3n) is 2.92. The number of halogens is 2. The zero-order valence-electron chi connectivity index (χ0n) is 10.7. The molecule has 0 fully saturated rings. The van der Waals surface area contributed by atoms with Gasteiger partial charge in [0.2, 0.25) is 0 Å². The second-order valence-corrected chi connectivity index (χ2v) is 5.25. The molecular formula is C14H15Cl2N3. The van der Waals surface area contributed by atoms with Crippen molar-refractivity contribution < 1.29 is 0 Å². The fourth-order valence-corrected chi connectivity index (χ4v) is 2.38. The Kier molecular flexibility index (Phi) is 4.17. The third kappa shape index (κ3) is 3.31. The molecule has 3 nitrogen and oxygen atoms in total. The van der Waals surface area contributed by atoms with Crippen molar-refractivity contribution in [3.05, 3.63) is 51.6 Å². The van der Waals surface area contributed by atoms with Crippen LogP contribution in [0, 0.1) is 6.92 Å². The van der Waals surface area contributed by atoms with E-state index in [1.165, 1.54) is 0 Å². The van der Waals surface area contributed by atoms with Gasteiger partial charge in [-0.25, -0.2) is 4.98 Å². The lowest BCUT2D eigenvalue weighted by Gasteiger charge is -2.17. The second-order valence-electron chi connectivity index (χ2n) is 4.40. The average molecular weight is 296 g/mol. The maximum Gasteiger partial charge on any atom is 0.126 e. The highest BCUT2D eigenvalue weighted by Crippen LogP contribution is 2.28. The highest BCUT2D eigenvalue weighted by Gasteiger charge is 2.11. The van der Waals surface area contributed by atoms with E-state index in [4.69, 9.17) is 28.9 Å². The summed E-state index contributed by atoms with van der Waals surface area (Å²) < 4.78 is 0. The summed E-state index contributed by atoms with van der Waals surface area (Å²) in [5, 5.41) is 4.56. The smallest absolute Gasteiger partial charge is 0.126 e. The maximum absolute atomic E-state index is 6.18. The zero-order chi connectivity index (χ0) is 14.0. The van der Waals surface area contributed by atoms with E-state index in [1.807, 2.05) is 38.1 Å². The number of rotatable bonds is 3. The van der Waals surface area contributed by atoms with Gasteiger partial charge in [-0.15, -0.1) is 0 Å². The van der Waals surface area contributed by atoms with Crippen LogP contribution in [0.3, 0.4) is 0 Å². The van der Waals surface area contributed by atoms with Gasteiger partial charge in [-0.3, -0.25) is 0 Å². The molecule has 3 N–H and O–H groups in total. The molecule has 0 saturated carbocycles. The van der Waals surface area contributed by atoms with E-state index in [0.717, 1.165) is 17.1 Å². The number of aromatic nitrogens is 1. The highest BCUT2D eigenvalue weighted by atomic mass is 35.5. The highest BCUT2D eigenvalue weighted by molar-refractivity contribution is 6.35. The van der Waals surface area contributed by atoms with E-state index >= 15 is 0 Å². The molecule has 0 aliphatic carbocycles. The van der Waals surface area contributed by atoms with E-state index in [1.54, 1.807) is 6.07 Å². The standard InChI is InChI=1S/C14H15Cl2N3/c1-8(11-4-3-10(15)7-12(11)16)18-14-6-5-13(17)9(2)19-14/h3-8H,17H2,1-2H3,(H,18,19). The second kappa shape index (κ2) is 5.68. The molecule has 0 bridgehead atoms. The van der Waals surface area contributed by atoms with Gasteiger partial charge in [-0.1, -0.05) is 29.3 Å². The Bertz CT molecular complexity index is 599. The molecule has 1 aromatic carbocycles. The van der Waals surface area contributed by atoms with E-state index in [2.05, 4.69) is 10.3 Å². The molecule has 1 aromatic heterocycles. The van der Waals surface area contributed by atoms with E-state index < -0.39 is 0 Å². The molecule has 5 heteroatoms. The largest absolute Gasteiger partial charge is 0.397 e. The predicted molar refractivity (Wildman–Crippen MR) is 81.9 cm³/mol. The number of aryl methyl sites for hydroxylation is 1. The Balaban J connectivity index is 2.20. The lowest BCUT2D eigenvalue weighted by molar-refractivity contribution is 0.873. The number of anilines is 2. The van der Waals surface area contributed by atoms with Crippen LogP contribution in [0.5, 0.6) is 0 Å². The van der Waals surface area contributed by atoms with E-state index in [0.29, 0.717) is 15.7 Å². The van der Waals surface area contributed by atoms with Crippen LogP contribution in [-0.4, -0.2) is 4.98 Å². The van der Waals surface area contributed by atoms with Gasteiger partial charge in [0.15, 0.2) is 0 Å². The first-order valence-corrected chi connectivity index (χ1v) is 6.67. The van der Waals surface area contributed by atoms with Crippen LogP contribution >= 0.6 is 23.2 Å². The molecule has 0 saturated heterocycles. The van der Waals surface area contributed by atoms with Gasteiger partial charge in [0, 0.05) is 10.0 Å². The molecule has 100 valence electrons. The molecular weight excluding hydrogens is 281 g/mol. The average Bonchev–Trinajstić information content (AvgIpc) is 2.33. The first-order valence-electron chi connectivity index (χ1n) is 5.92. The van der Waals surface area contributed by atoms with Crippen molar-refractivity contribution in [3.8, 4) is 0 Å². The Morgan fingerprint density at radius 3 is 2.58 bits per heavy atom. The number of pyridine rings is 1. The summed E-state index contributed by atoms with van der Waals surface area (Å²) in [5.41, 5.74) is 8.21. The van der Waals surface area contributed by atoms with Gasteiger partial charge < -0.3 is 11.1 Å². The minimum absolute atomic E-state index is 0.0280. The summed E-state index contributed by atoms with van der Waals surface area (Å²) in [7, 11) is 0. The van der Waals surface area contributed by atoms with Crippen molar-refractivity contribution in [2.75, 3.05) is 11.1 Å². The van der Waals surface area contributed by atoms with Crippen molar-refractivity contribution in [1.29, 1.82) is 0 Å². The Labute approximate surface area is 122 Å². The molecule has 1 atom stereocenters. The van der Waals surface area contributed by atoms with Crippen LogP contribution in [-0.2, 0) is 0 Å². The molecule has 0 amide bonds. The van der Waals surface area contributed by atoms with Crippen LogP contribution in [0.15, 0.2) is 30.3 Å². The van der Waals surface area contributed by atoms with Crippen LogP contribution < -0.4 is 11.1 Å². The summed E-state index contributed by atoms with van der Waals surface area (Å²) in [4.78, 5) is 4.38. The zero-order valence-corrected chi connectivity index (χ0v) is 12.3. The fraction of sp³-hybridized carbons (Fsp3) is 0.214. The quantitative estimate of drug-likeness (QED) is 0.879. The van der Waals surface area contributed by atoms with Crippen molar-refractivity contribution in [2.24, 2.45) is 0 Å². The van der Waals surface area contributed by atoms with Crippen molar-refractivity contribution in [3.63, 3.8) is 0 Å². The van der Waals surface area contributed by atoms with Gasteiger partial charge in [-0.05, 0) is 43.7 Å². The van der Waals surface area contributed by atoms with Crippen molar-refractivity contribution in [1.82, 2.24) is 4.98 Å². The topological polar surface area (TPSA) is 50.9 Å². The molecule has 0 spiro atoms. The number of hydrogen-bond acceptors (Lipinski definition) is 3. The summed E-state index contributed by atoms with van der Waals surface area (Å²) >= 11 is 12.1. The van der Waals surface area contributed by atoms with Gasteiger partial charge in [0.1, 0.15) is 5.82 Å². The molecule has 2 aromatic rings. The van der Waals surface area contributed by atoms with Crippen LogP contribution in [0.25, 0.3) is 0 Å². The van der Waals surface area contributed by atoms with Crippen LogP contribution in [0.1, 0.15) is 24.2 Å². The predicted octanol–water partition coefficient (Wildman–Crippen LogP) is 4.45. The molecule has 0 aliphatic rings. The van der Waals surface area contributed by atoms with Crippen molar-refractivity contribution in [2.45, 2.75) is 19.9 Å². The Morgan fingerprint density at radius 2 is 1.95 bits per heavy atom. The minimum Gasteiger partial charge on any atom is -0.397 e. The van der Waals surface area contributed by atoms with Gasteiger partial charge >= 0.3 is 0 Å². The minimum atomic E-state index is 0.0280. The maximum atomic E-state index is 6.18. The molecule has 0 aliphatic heterocycles. The van der Waals surface area contributed by atoms with Gasteiger partial charge in [0.25, 0.3) is 0 Å². The number of nitrogens with two attached hydrogens (primary N) is 1. The van der Waals surface area contributed by atoms with Gasteiger partial charge in [0.05, 0.1) is 17.4 Å². The number of benzene rings is 1. The van der Waals surface area contributed by atoms with E-state index in [-0.39, 0.29) is 6.04 Å². The number of hydrogen-bond donors (Lipinski definition) is 2. The normalized spacial score (nSPS) is 12.2. The Hall–Kier alpha value is -1.45. The molecule has 0 radical (unpaired) electrons. The summed E-state index contributed by atoms with van der Waals surface area (Å²) in [6.45, 7) is 3.89. The summed E-state index contributed by atoms with van der Waals surface area (Å²) in [5.74, 6) is 0.769. The summed E-state index contributed by atoms with van der Waals surface area (Å²) in [6, 6.07) is 9.18. The molecule has 1 heterocycles. The molecule has 2 rings (SSSR count). The van der Waals surface area contributed by atoms with Crippen LogP contribution in [0.4, 0.5) is 11.5 Å². The first-order chi connectivity index (χ1) is 8.97. The fourth-order valence-electron chi connectivity index (χ4n) is 1.80. The first kappa shape index (κ1) is 14.0.